The van der Waals surface area contributed by atoms with Gasteiger partial charge in [-0.3, -0.25) is 14.5 Å². The van der Waals surface area contributed by atoms with E-state index in [9.17, 15) is 18.0 Å². The standard InChI is InChI=1S/C34H36Cl2N2O5S/c1-43-34(40)25-8-6-22(7-9-25)19-37-33(39)27-5-3-4-26(18-27)32(44(2,41)42)28-20-38(21-28)31(23-10-14-29(35)15-11-23)24-12-16-30(36)17-13-24/h3-5,10-18,22,25,31H,6-9,19-21H2,1-2H3,(H,37,39). The van der Waals surface area contributed by atoms with Gasteiger partial charge in [0.2, 0.25) is 0 Å². The molecule has 1 N–H and O–H groups in total. The molecule has 1 saturated heterocycles. The van der Waals surface area contributed by atoms with E-state index in [1.54, 1.807) is 24.3 Å². The zero-order valence-electron chi connectivity index (χ0n) is 24.8. The lowest BCUT2D eigenvalue weighted by Gasteiger charge is -2.42. The van der Waals surface area contributed by atoms with E-state index >= 15 is 0 Å². The first-order valence-corrected chi connectivity index (χ1v) is 17.3. The molecule has 5 rings (SSSR count). The maximum atomic E-state index is 13.1. The maximum Gasteiger partial charge on any atom is 0.308 e. The van der Waals surface area contributed by atoms with Gasteiger partial charge in [-0.2, -0.15) is 0 Å². The molecule has 232 valence electrons. The molecule has 3 aromatic rings. The van der Waals surface area contributed by atoms with Gasteiger partial charge in [0.1, 0.15) is 0 Å². The molecule has 0 atom stereocenters. The minimum Gasteiger partial charge on any atom is -0.469 e. The summed E-state index contributed by atoms with van der Waals surface area (Å²) >= 11 is 12.3. The third kappa shape index (κ3) is 7.54. The predicted octanol–water partition coefficient (Wildman–Crippen LogP) is 6.56. The molecule has 1 saturated carbocycles. The predicted molar refractivity (Wildman–Crippen MR) is 174 cm³/mol. The van der Waals surface area contributed by atoms with E-state index in [1.165, 1.54) is 13.4 Å². The highest BCUT2D eigenvalue weighted by molar-refractivity contribution is 8.00. The number of esters is 1. The lowest BCUT2D eigenvalue weighted by molar-refractivity contribution is -0.146. The first-order chi connectivity index (χ1) is 21.0. The van der Waals surface area contributed by atoms with Crippen molar-refractivity contribution in [3.8, 4) is 0 Å². The van der Waals surface area contributed by atoms with Crippen molar-refractivity contribution < 1.29 is 22.7 Å². The van der Waals surface area contributed by atoms with Crippen molar-refractivity contribution in [1.29, 1.82) is 0 Å². The quantitative estimate of drug-likeness (QED) is 0.263. The Morgan fingerprint density at radius 2 is 1.43 bits per heavy atom. The topological polar surface area (TPSA) is 92.8 Å². The number of hydrogen-bond donors (Lipinski definition) is 1. The van der Waals surface area contributed by atoms with Crippen LogP contribution in [0.3, 0.4) is 0 Å². The number of benzene rings is 3. The average molecular weight is 656 g/mol. The molecule has 2 aliphatic rings. The molecule has 1 aliphatic heterocycles. The monoisotopic (exact) mass is 654 g/mol. The van der Waals surface area contributed by atoms with Gasteiger partial charge in [0.05, 0.1) is 24.0 Å². The Hall–Kier alpha value is -3.17. The average Bonchev–Trinajstić information content (AvgIpc) is 2.99. The van der Waals surface area contributed by atoms with Crippen LogP contribution < -0.4 is 5.32 Å². The number of ether oxygens (including phenoxy) is 1. The summed E-state index contributed by atoms with van der Waals surface area (Å²) in [6.45, 7) is 1.40. The number of amides is 1. The van der Waals surface area contributed by atoms with Gasteiger partial charge >= 0.3 is 5.97 Å². The summed E-state index contributed by atoms with van der Waals surface area (Å²) in [4.78, 5) is 27.4. The largest absolute Gasteiger partial charge is 0.469 e. The highest BCUT2D eigenvalue weighted by atomic mass is 35.5. The molecule has 0 radical (unpaired) electrons. The zero-order valence-corrected chi connectivity index (χ0v) is 27.1. The Bertz CT molecular complexity index is 1590. The fourth-order valence-corrected chi connectivity index (χ4v) is 7.73. The molecule has 44 heavy (non-hydrogen) atoms. The van der Waals surface area contributed by atoms with E-state index in [-0.39, 0.29) is 34.7 Å². The molecule has 10 heteroatoms. The summed E-state index contributed by atoms with van der Waals surface area (Å²) in [6.07, 6.45) is 4.40. The molecule has 3 aromatic carbocycles. The molecule has 0 spiro atoms. The molecular weight excluding hydrogens is 619 g/mol. The highest BCUT2D eigenvalue weighted by Gasteiger charge is 2.35. The number of nitrogens with zero attached hydrogens (tertiary/aromatic N) is 1. The van der Waals surface area contributed by atoms with E-state index in [4.69, 9.17) is 27.9 Å². The first kappa shape index (κ1) is 32.2. The summed E-state index contributed by atoms with van der Waals surface area (Å²) in [5, 5.41) is 4.29. The molecule has 1 amide bonds. The second-order valence-electron chi connectivity index (χ2n) is 11.6. The second kappa shape index (κ2) is 13.9. The lowest BCUT2D eigenvalue weighted by Crippen LogP contribution is -2.44. The highest BCUT2D eigenvalue weighted by Crippen LogP contribution is 2.39. The van der Waals surface area contributed by atoms with Crippen molar-refractivity contribution in [3.63, 3.8) is 0 Å². The van der Waals surface area contributed by atoms with Crippen molar-refractivity contribution in [2.24, 2.45) is 11.8 Å². The zero-order chi connectivity index (χ0) is 31.4. The third-order valence-electron chi connectivity index (χ3n) is 8.54. The van der Waals surface area contributed by atoms with Crippen molar-refractivity contribution in [3.05, 3.63) is 111 Å². The minimum atomic E-state index is -3.61. The van der Waals surface area contributed by atoms with Crippen LogP contribution in [0.25, 0.3) is 4.91 Å². The fourth-order valence-electron chi connectivity index (χ4n) is 6.26. The number of halogens is 2. The van der Waals surface area contributed by atoms with Gasteiger partial charge in [0, 0.05) is 41.5 Å². The molecule has 0 aromatic heterocycles. The van der Waals surface area contributed by atoms with Crippen LogP contribution in [0.15, 0.2) is 78.4 Å². The summed E-state index contributed by atoms with van der Waals surface area (Å²) in [6, 6.07) is 22.0. The maximum absolute atomic E-state index is 13.1. The Kier molecular flexibility index (Phi) is 10.2. The van der Waals surface area contributed by atoms with Crippen LogP contribution in [-0.2, 0) is 19.4 Å². The van der Waals surface area contributed by atoms with Gasteiger partial charge in [-0.25, -0.2) is 8.42 Å². The van der Waals surface area contributed by atoms with Crippen LogP contribution in [0.1, 0.15) is 58.8 Å². The van der Waals surface area contributed by atoms with Gasteiger partial charge in [0.15, 0.2) is 9.84 Å². The van der Waals surface area contributed by atoms with E-state index in [1.807, 2.05) is 48.5 Å². The van der Waals surface area contributed by atoms with Crippen LogP contribution >= 0.6 is 23.2 Å². The second-order valence-corrected chi connectivity index (χ2v) is 14.5. The summed E-state index contributed by atoms with van der Waals surface area (Å²) in [5.74, 6) is -0.200. The van der Waals surface area contributed by atoms with E-state index in [0.717, 1.165) is 42.4 Å². The minimum absolute atomic E-state index is 0.0684. The molecule has 7 nitrogen and oxygen atoms in total. The Morgan fingerprint density at radius 3 is 1.95 bits per heavy atom. The number of nitrogens with one attached hydrogen (secondary N) is 1. The molecule has 0 unspecified atom stereocenters. The number of carbonyl (C=O) groups is 2. The number of methoxy groups -OCH3 is 1. The first-order valence-electron chi connectivity index (χ1n) is 14.7. The van der Waals surface area contributed by atoms with Crippen LogP contribution in [0.4, 0.5) is 0 Å². The molecule has 1 aliphatic carbocycles. The SMILES string of the molecule is COC(=O)C1CCC(CNC(=O)c2cccc(C(=C3CN(C(c4ccc(Cl)cc4)c4ccc(Cl)cc4)C3)S(C)(=O)=O)c2)CC1. The van der Waals surface area contributed by atoms with Crippen molar-refractivity contribution in [1.82, 2.24) is 10.2 Å². The summed E-state index contributed by atoms with van der Waals surface area (Å²) in [7, 11) is -2.19. The van der Waals surface area contributed by atoms with Gasteiger partial charge < -0.3 is 10.1 Å². The van der Waals surface area contributed by atoms with Crippen molar-refractivity contribution in [2.75, 3.05) is 33.0 Å². The van der Waals surface area contributed by atoms with Gasteiger partial charge in [0.25, 0.3) is 5.91 Å². The fraction of sp³-hybridized carbons (Fsp3) is 0.353. The van der Waals surface area contributed by atoms with Crippen molar-refractivity contribution in [2.45, 2.75) is 31.7 Å². The Balaban J connectivity index is 1.32. The molecular formula is C34H36Cl2N2O5S. The number of sulfone groups is 1. The summed E-state index contributed by atoms with van der Waals surface area (Å²) in [5.41, 5.74) is 3.77. The van der Waals surface area contributed by atoms with Crippen LogP contribution in [0.5, 0.6) is 0 Å². The number of rotatable bonds is 9. The van der Waals surface area contributed by atoms with Crippen LogP contribution in [-0.4, -0.2) is 58.2 Å². The third-order valence-corrected chi connectivity index (χ3v) is 10.3. The van der Waals surface area contributed by atoms with Gasteiger partial charge in [-0.15, -0.1) is 0 Å². The Morgan fingerprint density at radius 1 is 0.886 bits per heavy atom. The van der Waals surface area contributed by atoms with Crippen LogP contribution in [0.2, 0.25) is 10.0 Å². The van der Waals surface area contributed by atoms with Crippen LogP contribution in [0, 0.1) is 11.8 Å². The summed E-state index contributed by atoms with van der Waals surface area (Å²) < 4.78 is 31.1. The number of likely N-dealkylation sites (tertiary alicyclic amines) is 1. The smallest absolute Gasteiger partial charge is 0.308 e. The Labute approximate surface area is 269 Å². The molecule has 2 fully saturated rings. The molecule has 0 bridgehead atoms. The van der Waals surface area contributed by atoms with E-state index < -0.39 is 9.84 Å². The number of hydrogen-bond acceptors (Lipinski definition) is 6. The van der Waals surface area contributed by atoms with E-state index in [2.05, 4.69) is 10.2 Å². The number of carbonyl (C=O) groups excluding carboxylic acids is 2. The normalized spacial score (nSPS) is 18.9. The van der Waals surface area contributed by atoms with E-state index in [0.29, 0.717) is 40.8 Å². The van der Waals surface area contributed by atoms with Gasteiger partial charge in [-0.05, 0) is 90.3 Å². The van der Waals surface area contributed by atoms with Crippen molar-refractivity contribution >= 4 is 49.8 Å². The van der Waals surface area contributed by atoms with Gasteiger partial charge in [-0.1, -0.05) is 59.6 Å². The lowest BCUT2D eigenvalue weighted by atomic mass is 9.82. The molecule has 1 heterocycles.